The Bertz CT molecular complexity index is 746. The highest BCUT2D eigenvalue weighted by atomic mass is 35.5. The van der Waals surface area contributed by atoms with Crippen LogP contribution in [0.2, 0.25) is 5.02 Å². The van der Waals surface area contributed by atoms with Crippen LogP contribution in [-0.4, -0.2) is 9.97 Å². The van der Waals surface area contributed by atoms with Crippen molar-refractivity contribution in [1.29, 1.82) is 0 Å². The molecule has 1 aromatic carbocycles. The SMILES string of the molecule is Fc1ccc(NCc2csc(-c3ccccn3)n2)cc1Cl. The lowest BCUT2D eigenvalue weighted by Crippen LogP contribution is -2.00. The van der Waals surface area contributed by atoms with Crippen LogP contribution in [0.4, 0.5) is 10.1 Å². The molecule has 6 heteroatoms. The molecule has 3 rings (SSSR count). The first kappa shape index (κ1) is 14.0. The van der Waals surface area contributed by atoms with Crippen LogP contribution in [0.15, 0.2) is 48.0 Å². The van der Waals surface area contributed by atoms with Crippen molar-refractivity contribution in [1.82, 2.24) is 9.97 Å². The maximum atomic E-state index is 13.1. The fraction of sp³-hybridized carbons (Fsp3) is 0.0667. The lowest BCUT2D eigenvalue weighted by Gasteiger charge is -2.05. The Kier molecular flexibility index (Phi) is 4.13. The standard InChI is InChI=1S/C15H11ClFN3S/c16-12-7-10(4-5-13(12)17)19-8-11-9-21-15(20-11)14-3-1-2-6-18-14/h1-7,9,19H,8H2. The van der Waals surface area contributed by atoms with Gasteiger partial charge in [0.15, 0.2) is 0 Å². The van der Waals surface area contributed by atoms with Gasteiger partial charge in [0.25, 0.3) is 0 Å². The number of halogens is 2. The minimum Gasteiger partial charge on any atom is -0.379 e. The number of hydrogen-bond donors (Lipinski definition) is 1. The van der Waals surface area contributed by atoms with Crippen LogP contribution in [0, 0.1) is 5.82 Å². The largest absolute Gasteiger partial charge is 0.379 e. The third-order valence-electron chi connectivity index (χ3n) is 2.83. The Morgan fingerprint density at radius 3 is 2.90 bits per heavy atom. The van der Waals surface area contributed by atoms with Gasteiger partial charge in [-0.2, -0.15) is 0 Å². The number of nitrogens with one attached hydrogen (secondary N) is 1. The van der Waals surface area contributed by atoms with E-state index in [2.05, 4.69) is 15.3 Å². The number of thiazole rings is 1. The average Bonchev–Trinajstić information content (AvgIpc) is 2.98. The summed E-state index contributed by atoms with van der Waals surface area (Å²) < 4.78 is 13.1. The molecule has 0 bridgehead atoms. The molecule has 3 aromatic rings. The van der Waals surface area contributed by atoms with Gasteiger partial charge in [0.05, 0.1) is 23.0 Å². The topological polar surface area (TPSA) is 37.8 Å². The molecule has 0 unspecified atom stereocenters. The van der Waals surface area contributed by atoms with E-state index < -0.39 is 5.82 Å². The van der Waals surface area contributed by atoms with Crippen LogP contribution in [0.1, 0.15) is 5.69 Å². The van der Waals surface area contributed by atoms with Crippen LogP contribution in [0.3, 0.4) is 0 Å². The van der Waals surface area contributed by atoms with Gasteiger partial charge in [-0.15, -0.1) is 11.3 Å². The van der Waals surface area contributed by atoms with Crippen molar-refractivity contribution in [3.8, 4) is 10.7 Å². The molecule has 2 heterocycles. The van der Waals surface area contributed by atoms with Crippen molar-refractivity contribution in [2.45, 2.75) is 6.54 Å². The Labute approximate surface area is 130 Å². The monoisotopic (exact) mass is 319 g/mol. The Morgan fingerprint density at radius 2 is 2.14 bits per heavy atom. The van der Waals surface area contributed by atoms with E-state index >= 15 is 0 Å². The second-order valence-electron chi connectivity index (χ2n) is 4.34. The number of rotatable bonds is 4. The molecule has 3 nitrogen and oxygen atoms in total. The predicted octanol–water partition coefficient (Wildman–Crippen LogP) is 4.61. The van der Waals surface area contributed by atoms with Crippen molar-refractivity contribution in [3.63, 3.8) is 0 Å². The summed E-state index contributed by atoms with van der Waals surface area (Å²) >= 11 is 7.29. The number of anilines is 1. The first-order valence-corrected chi connectivity index (χ1v) is 7.53. The van der Waals surface area contributed by atoms with E-state index in [1.807, 2.05) is 23.6 Å². The second kappa shape index (κ2) is 6.20. The van der Waals surface area contributed by atoms with E-state index in [4.69, 9.17) is 11.6 Å². The van der Waals surface area contributed by atoms with Crippen LogP contribution < -0.4 is 5.32 Å². The molecule has 0 radical (unpaired) electrons. The summed E-state index contributed by atoms with van der Waals surface area (Å²) in [6.07, 6.45) is 1.75. The summed E-state index contributed by atoms with van der Waals surface area (Å²) in [7, 11) is 0. The fourth-order valence-electron chi connectivity index (χ4n) is 1.79. The van der Waals surface area contributed by atoms with Crippen LogP contribution in [0.25, 0.3) is 10.7 Å². The van der Waals surface area contributed by atoms with Gasteiger partial charge in [0.1, 0.15) is 10.8 Å². The van der Waals surface area contributed by atoms with Crippen molar-refractivity contribution in [2.75, 3.05) is 5.32 Å². The van der Waals surface area contributed by atoms with E-state index in [0.717, 1.165) is 22.1 Å². The lowest BCUT2D eigenvalue weighted by molar-refractivity contribution is 0.628. The molecule has 21 heavy (non-hydrogen) atoms. The summed E-state index contributed by atoms with van der Waals surface area (Å²) in [6, 6.07) is 10.3. The van der Waals surface area contributed by atoms with Crippen molar-refractivity contribution in [3.05, 3.63) is 64.5 Å². The minimum absolute atomic E-state index is 0.104. The van der Waals surface area contributed by atoms with Crippen LogP contribution in [-0.2, 0) is 6.54 Å². The van der Waals surface area contributed by atoms with Gasteiger partial charge in [0, 0.05) is 17.3 Å². The molecule has 0 spiro atoms. The van der Waals surface area contributed by atoms with Crippen LogP contribution in [0.5, 0.6) is 0 Å². The summed E-state index contributed by atoms with van der Waals surface area (Å²) in [5, 5.41) is 6.12. The van der Waals surface area contributed by atoms with Gasteiger partial charge in [-0.3, -0.25) is 4.98 Å². The normalized spacial score (nSPS) is 10.6. The molecule has 0 aliphatic heterocycles. The quantitative estimate of drug-likeness (QED) is 0.763. The Balaban J connectivity index is 1.69. The van der Waals surface area contributed by atoms with Crippen molar-refractivity contribution >= 4 is 28.6 Å². The number of benzene rings is 1. The van der Waals surface area contributed by atoms with Gasteiger partial charge >= 0.3 is 0 Å². The molecule has 1 N–H and O–H groups in total. The molecule has 0 fully saturated rings. The van der Waals surface area contributed by atoms with Gasteiger partial charge in [-0.1, -0.05) is 17.7 Å². The van der Waals surface area contributed by atoms with Gasteiger partial charge in [-0.05, 0) is 30.3 Å². The highest BCUT2D eigenvalue weighted by Crippen LogP contribution is 2.23. The summed E-state index contributed by atoms with van der Waals surface area (Å²) in [6.45, 7) is 0.547. The first-order valence-electron chi connectivity index (χ1n) is 6.27. The summed E-state index contributed by atoms with van der Waals surface area (Å²) in [4.78, 5) is 8.79. The third-order valence-corrected chi connectivity index (χ3v) is 4.03. The van der Waals surface area contributed by atoms with Crippen molar-refractivity contribution in [2.24, 2.45) is 0 Å². The van der Waals surface area contributed by atoms with Crippen molar-refractivity contribution < 1.29 is 4.39 Å². The molecule has 2 aromatic heterocycles. The van der Waals surface area contributed by atoms with Gasteiger partial charge < -0.3 is 5.32 Å². The van der Waals surface area contributed by atoms with Crippen LogP contribution >= 0.6 is 22.9 Å². The Morgan fingerprint density at radius 1 is 1.24 bits per heavy atom. The summed E-state index contributed by atoms with van der Waals surface area (Å²) in [5.74, 6) is -0.423. The average molecular weight is 320 g/mol. The lowest BCUT2D eigenvalue weighted by atomic mass is 10.3. The molecule has 0 aliphatic carbocycles. The Hall–Kier alpha value is -1.98. The maximum absolute atomic E-state index is 13.1. The zero-order chi connectivity index (χ0) is 14.7. The summed E-state index contributed by atoms with van der Waals surface area (Å²) in [5.41, 5.74) is 2.52. The van der Waals surface area contributed by atoms with E-state index in [0.29, 0.717) is 6.54 Å². The van der Waals surface area contributed by atoms with Gasteiger partial charge in [0.2, 0.25) is 0 Å². The highest BCUT2D eigenvalue weighted by Gasteiger charge is 2.06. The second-order valence-corrected chi connectivity index (χ2v) is 5.61. The predicted molar refractivity (Wildman–Crippen MR) is 84.1 cm³/mol. The number of hydrogen-bond acceptors (Lipinski definition) is 4. The first-order chi connectivity index (χ1) is 10.2. The third kappa shape index (κ3) is 3.37. The molecule has 0 amide bonds. The fourth-order valence-corrected chi connectivity index (χ4v) is 2.77. The minimum atomic E-state index is -0.423. The highest BCUT2D eigenvalue weighted by molar-refractivity contribution is 7.13. The molecule has 0 saturated carbocycles. The maximum Gasteiger partial charge on any atom is 0.142 e. The van der Waals surface area contributed by atoms with E-state index in [1.54, 1.807) is 29.7 Å². The molecule has 106 valence electrons. The zero-order valence-electron chi connectivity index (χ0n) is 10.9. The smallest absolute Gasteiger partial charge is 0.142 e. The molecular weight excluding hydrogens is 309 g/mol. The number of nitrogens with zero attached hydrogens (tertiary/aromatic N) is 2. The molecule has 0 atom stereocenters. The molecule has 0 aliphatic rings. The zero-order valence-corrected chi connectivity index (χ0v) is 12.5. The van der Waals surface area contributed by atoms with Gasteiger partial charge in [-0.25, -0.2) is 9.37 Å². The number of pyridine rings is 1. The van der Waals surface area contributed by atoms with E-state index in [1.165, 1.54) is 6.07 Å². The van der Waals surface area contributed by atoms with E-state index in [-0.39, 0.29) is 5.02 Å². The molecular formula is C15H11ClFN3S. The molecule has 0 saturated heterocycles. The van der Waals surface area contributed by atoms with E-state index in [9.17, 15) is 4.39 Å². The number of aromatic nitrogens is 2.